The topological polar surface area (TPSA) is 39.7 Å². The first kappa shape index (κ1) is 20.0. The van der Waals surface area contributed by atoms with E-state index in [0.717, 1.165) is 25.0 Å². The summed E-state index contributed by atoms with van der Waals surface area (Å²) in [7, 11) is 4.07. The van der Waals surface area contributed by atoms with E-state index >= 15 is 0 Å². The molecule has 1 heterocycles. The molecule has 0 amide bonds. The molecule has 5 heteroatoms. The largest absolute Gasteiger partial charge is 0.356 e. The fourth-order valence-electron chi connectivity index (χ4n) is 2.55. The first-order valence-electron chi connectivity index (χ1n) is 7.89. The molecule has 0 saturated carbocycles. The molecule has 0 aromatic carbocycles. The lowest BCUT2D eigenvalue weighted by Crippen LogP contribution is -2.39. The zero-order valence-electron chi connectivity index (χ0n) is 13.5. The Morgan fingerprint density at radius 2 is 1.80 bits per heavy atom. The molecule has 0 unspecified atom stereocenters. The number of nitrogens with one attached hydrogen (secondary N) is 2. The molecule has 1 fully saturated rings. The van der Waals surface area contributed by atoms with Gasteiger partial charge in [-0.1, -0.05) is 19.8 Å². The third-order valence-electron chi connectivity index (χ3n) is 3.98. The number of halogens is 1. The number of unbranched alkanes of at least 4 members (excludes halogenated alkanes) is 2. The Kier molecular flexibility index (Phi) is 12.7. The summed E-state index contributed by atoms with van der Waals surface area (Å²) in [6, 6.07) is 0. The average Bonchev–Trinajstić information content (AvgIpc) is 2.43. The monoisotopic (exact) mass is 396 g/mol. The van der Waals surface area contributed by atoms with Gasteiger partial charge in [-0.2, -0.15) is 0 Å². The predicted molar refractivity (Wildman–Crippen MR) is 99.1 cm³/mol. The van der Waals surface area contributed by atoms with Gasteiger partial charge in [0.05, 0.1) is 0 Å². The maximum Gasteiger partial charge on any atom is 0.190 e. The minimum Gasteiger partial charge on any atom is -0.356 e. The van der Waals surface area contributed by atoms with E-state index in [-0.39, 0.29) is 24.0 Å². The Labute approximate surface area is 142 Å². The zero-order valence-corrected chi connectivity index (χ0v) is 15.8. The SMILES string of the molecule is CCCCCNC(=NC)NCCC1CCN(C)CC1.I. The molecule has 0 radical (unpaired) electrons. The van der Waals surface area contributed by atoms with Crippen LogP contribution in [0.1, 0.15) is 45.4 Å². The molecule has 0 aromatic heterocycles. The standard InChI is InChI=1S/C15H32N4.HI/c1-4-5-6-10-17-15(16-2)18-11-7-14-8-12-19(3)13-9-14;/h14H,4-13H2,1-3H3,(H2,16,17,18);1H. The highest BCUT2D eigenvalue weighted by atomic mass is 127. The van der Waals surface area contributed by atoms with Crippen molar-refractivity contribution in [3.05, 3.63) is 0 Å². The van der Waals surface area contributed by atoms with Crippen molar-refractivity contribution in [2.24, 2.45) is 10.9 Å². The maximum atomic E-state index is 4.27. The molecule has 0 atom stereocenters. The van der Waals surface area contributed by atoms with Crippen molar-refractivity contribution >= 4 is 29.9 Å². The summed E-state index contributed by atoms with van der Waals surface area (Å²) in [4.78, 5) is 6.70. The van der Waals surface area contributed by atoms with Gasteiger partial charge < -0.3 is 15.5 Å². The van der Waals surface area contributed by atoms with E-state index in [1.807, 2.05) is 7.05 Å². The van der Waals surface area contributed by atoms with Crippen LogP contribution >= 0.6 is 24.0 Å². The van der Waals surface area contributed by atoms with Crippen LogP contribution in [0.4, 0.5) is 0 Å². The molecule has 1 saturated heterocycles. The number of hydrogen-bond donors (Lipinski definition) is 2. The van der Waals surface area contributed by atoms with Gasteiger partial charge in [0.2, 0.25) is 0 Å². The van der Waals surface area contributed by atoms with E-state index < -0.39 is 0 Å². The molecule has 0 spiro atoms. The third kappa shape index (κ3) is 9.00. The van der Waals surface area contributed by atoms with E-state index in [1.54, 1.807) is 0 Å². The van der Waals surface area contributed by atoms with Crippen molar-refractivity contribution in [2.45, 2.75) is 45.4 Å². The molecule has 4 nitrogen and oxygen atoms in total. The number of hydrogen-bond acceptors (Lipinski definition) is 2. The quantitative estimate of drug-likeness (QED) is 0.301. The summed E-state index contributed by atoms with van der Waals surface area (Å²) in [6.45, 7) is 6.82. The molecular formula is C15H33IN4. The molecule has 0 aliphatic carbocycles. The lowest BCUT2D eigenvalue weighted by Gasteiger charge is -2.29. The molecule has 0 bridgehead atoms. The molecular weight excluding hydrogens is 363 g/mol. The Bertz CT molecular complexity index is 250. The van der Waals surface area contributed by atoms with Crippen LogP contribution in [0.5, 0.6) is 0 Å². The van der Waals surface area contributed by atoms with E-state index in [2.05, 4.69) is 34.5 Å². The van der Waals surface area contributed by atoms with Crippen LogP contribution in [0.3, 0.4) is 0 Å². The minimum atomic E-state index is 0. The molecule has 1 rings (SSSR count). The normalized spacial score (nSPS) is 17.6. The van der Waals surface area contributed by atoms with Crippen molar-refractivity contribution in [3.8, 4) is 0 Å². The summed E-state index contributed by atoms with van der Waals surface area (Å²) >= 11 is 0. The van der Waals surface area contributed by atoms with Gasteiger partial charge in [0.25, 0.3) is 0 Å². The van der Waals surface area contributed by atoms with E-state index in [1.165, 1.54) is 51.6 Å². The van der Waals surface area contributed by atoms with Crippen molar-refractivity contribution in [2.75, 3.05) is 40.3 Å². The Balaban J connectivity index is 0.00000361. The van der Waals surface area contributed by atoms with Gasteiger partial charge in [-0.3, -0.25) is 4.99 Å². The second-order valence-corrected chi connectivity index (χ2v) is 5.67. The summed E-state index contributed by atoms with van der Waals surface area (Å²) in [5, 5.41) is 6.81. The molecule has 1 aliphatic rings. The second kappa shape index (κ2) is 12.7. The number of nitrogens with zero attached hydrogens (tertiary/aromatic N) is 2. The number of likely N-dealkylation sites (tertiary alicyclic amines) is 1. The highest BCUT2D eigenvalue weighted by Crippen LogP contribution is 2.18. The predicted octanol–water partition coefficient (Wildman–Crippen LogP) is 2.69. The first-order valence-corrected chi connectivity index (χ1v) is 7.89. The summed E-state index contributed by atoms with van der Waals surface area (Å²) in [5.41, 5.74) is 0. The first-order chi connectivity index (χ1) is 9.26. The fourth-order valence-corrected chi connectivity index (χ4v) is 2.55. The fraction of sp³-hybridized carbons (Fsp3) is 0.933. The molecule has 2 N–H and O–H groups in total. The maximum absolute atomic E-state index is 4.27. The molecule has 1 aliphatic heterocycles. The van der Waals surface area contributed by atoms with Crippen LogP contribution in [0.15, 0.2) is 4.99 Å². The number of rotatable bonds is 7. The Morgan fingerprint density at radius 1 is 1.15 bits per heavy atom. The summed E-state index contributed by atoms with van der Waals surface area (Å²) < 4.78 is 0. The van der Waals surface area contributed by atoms with Crippen LogP contribution in [0.2, 0.25) is 0 Å². The number of guanidine groups is 1. The van der Waals surface area contributed by atoms with Crippen molar-refractivity contribution in [1.29, 1.82) is 0 Å². The van der Waals surface area contributed by atoms with Gasteiger partial charge >= 0.3 is 0 Å². The Morgan fingerprint density at radius 3 is 2.40 bits per heavy atom. The second-order valence-electron chi connectivity index (χ2n) is 5.67. The highest BCUT2D eigenvalue weighted by Gasteiger charge is 2.15. The van der Waals surface area contributed by atoms with Gasteiger partial charge in [-0.15, -0.1) is 24.0 Å². The van der Waals surface area contributed by atoms with Crippen LogP contribution in [0.25, 0.3) is 0 Å². The molecule has 120 valence electrons. The Hall–Kier alpha value is -0.0400. The van der Waals surface area contributed by atoms with Gasteiger partial charge in [-0.25, -0.2) is 0 Å². The van der Waals surface area contributed by atoms with Gasteiger partial charge in [0.15, 0.2) is 5.96 Å². The van der Waals surface area contributed by atoms with E-state index in [0.29, 0.717) is 0 Å². The number of piperidine rings is 1. The van der Waals surface area contributed by atoms with E-state index in [9.17, 15) is 0 Å². The van der Waals surface area contributed by atoms with Crippen molar-refractivity contribution < 1.29 is 0 Å². The lowest BCUT2D eigenvalue weighted by atomic mass is 9.94. The van der Waals surface area contributed by atoms with Crippen LogP contribution in [-0.2, 0) is 0 Å². The van der Waals surface area contributed by atoms with Crippen LogP contribution in [0, 0.1) is 5.92 Å². The number of aliphatic imine (C=N–C) groups is 1. The van der Waals surface area contributed by atoms with Crippen LogP contribution in [-0.4, -0.2) is 51.1 Å². The molecule has 0 aromatic rings. The van der Waals surface area contributed by atoms with Gasteiger partial charge in [-0.05, 0) is 51.7 Å². The highest BCUT2D eigenvalue weighted by molar-refractivity contribution is 14.0. The van der Waals surface area contributed by atoms with Gasteiger partial charge in [0.1, 0.15) is 0 Å². The minimum absolute atomic E-state index is 0. The third-order valence-corrected chi connectivity index (χ3v) is 3.98. The molecule has 20 heavy (non-hydrogen) atoms. The zero-order chi connectivity index (χ0) is 13.9. The van der Waals surface area contributed by atoms with E-state index in [4.69, 9.17) is 0 Å². The smallest absolute Gasteiger partial charge is 0.190 e. The lowest BCUT2D eigenvalue weighted by molar-refractivity contribution is 0.213. The summed E-state index contributed by atoms with van der Waals surface area (Å²) in [5.74, 6) is 1.85. The van der Waals surface area contributed by atoms with Crippen molar-refractivity contribution in [3.63, 3.8) is 0 Å². The van der Waals surface area contributed by atoms with Gasteiger partial charge in [0, 0.05) is 20.1 Å². The van der Waals surface area contributed by atoms with Crippen LogP contribution < -0.4 is 10.6 Å². The average molecular weight is 396 g/mol. The van der Waals surface area contributed by atoms with Crippen molar-refractivity contribution in [1.82, 2.24) is 15.5 Å². The summed E-state index contributed by atoms with van der Waals surface area (Å²) in [6.07, 6.45) is 7.75.